The summed E-state index contributed by atoms with van der Waals surface area (Å²) in [5, 5.41) is 0. The minimum Gasteiger partial charge on any atom is -0.490 e. The summed E-state index contributed by atoms with van der Waals surface area (Å²) in [5.74, 6) is 0.189. The Balaban J connectivity index is 2.29. The van der Waals surface area contributed by atoms with E-state index in [0.29, 0.717) is 15.6 Å². The summed E-state index contributed by atoms with van der Waals surface area (Å²) in [7, 11) is -4.40. The van der Waals surface area contributed by atoms with Crippen molar-refractivity contribution in [2.75, 3.05) is 6.61 Å². The zero-order valence-electron chi connectivity index (χ0n) is 14.9. The number of alkyl halides is 3. The van der Waals surface area contributed by atoms with Gasteiger partial charge >= 0.3 is 6.18 Å². The van der Waals surface area contributed by atoms with Crippen molar-refractivity contribution in [1.82, 2.24) is 4.72 Å². The van der Waals surface area contributed by atoms with Crippen molar-refractivity contribution in [1.29, 1.82) is 0 Å². The molecule has 0 aliphatic heterocycles. The fourth-order valence-electron chi connectivity index (χ4n) is 2.77. The molecular formula is C18H19BrF3NO3S. The molecule has 1 atom stereocenters. The Morgan fingerprint density at radius 1 is 1.11 bits per heavy atom. The van der Waals surface area contributed by atoms with Crippen molar-refractivity contribution in [2.24, 2.45) is 0 Å². The van der Waals surface area contributed by atoms with Crippen molar-refractivity contribution >= 4 is 26.0 Å². The van der Waals surface area contributed by atoms with Gasteiger partial charge in [0.2, 0.25) is 10.0 Å². The van der Waals surface area contributed by atoms with Gasteiger partial charge in [0, 0.05) is 0 Å². The molecule has 0 spiro atoms. The second-order valence-corrected chi connectivity index (χ2v) is 8.69. The van der Waals surface area contributed by atoms with E-state index in [-0.39, 0.29) is 10.6 Å². The Morgan fingerprint density at radius 3 is 2.19 bits per heavy atom. The molecule has 0 aliphatic rings. The summed E-state index contributed by atoms with van der Waals surface area (Å²) in [6.07, 6.45) is -4.82. The van der Waals surface area contributed by atoms with Crippen LogP contribution in [0.5, 0.6) is 5.75 Å². The number of aryl methyl sites for hydroxylation is 3. The van der Waals surface area contributed by atoms with E-state index < -0.39 is 28.8 Å². The normalized spacial score (nSPS) is 13.4. The maximum absolute atomic E-state index is 13.4. The van der Waals surface area contributed by atoms with Crippen LogP contribution in [0.3, 0.4) is 0 Å². The molecule has 0 heterocycles. The van der Waals surface area contributed by atoms with Crippen LogP contribution in [0.2, 0.25) is 0 Å². The van der Waals surface area contributed by atoms with Gasteiger partial charge in [-0.25, -0.2) is 8.42 Å². The van der Waals surface area contributed by atoms with Crippen molar-refractivity contribution < 1.29 is 26.3 Å². The van der Waals surface area contributed by atoms with Crippen LogP contribution in [0, 0.1) is 20.8 Å². The smallest absolute Gasteiger partial charge is 0.408 e. The van der Waals surface area contributed by atoms with E-state index in [0.717, 1.165) is 5.56 Å². The van der Waals surface area contributed by atoms with Gasteiger partial charge in [0.05, 0.1) is 9.37 Å². The Bertz CT molecular complexity index is 907. The molecule has 1 unspecified atom stereocenters. The van der Waals surface area contributed by atoms with Crippen LogP contribution in [0.25, 0.3) is 0 Å². The molecule has 2 aromatic rings. The molecule has 0 bridgehead atoms. The van der Waals surface area contributed by atoms with E-state index in [4.69, 9.17) is 4.74 Å². The lowest BCUT2D eigenvalue weighted by Gasteiger charge is -2.23. The molecule has 27 heavy (non-hydrogen) atoms. The average Bonchev–Trinajstić information content (AvgIpc) is 2.50. The number of rotatable bonds is 6. The number of nitrogens with one attached hydrogen (secondary N) is 1. The molecular weight excluding hydrogens is 447 g/mol. The quantitative estimate of drug-likeness (QED) is 0.674. The number of para-hydroxylation sites is 1. The number of halogens is 4. The second-order valence-electron chi connectivity index (χ2n) is 6.18. The number of hydrogen-bond acceptors (Lipinski definition) is 3. The highest BCUT2D eigenvalue weighted by Gasteiger charge is 2.43. The largest absolute Gasteiger partial charge is 0.490 e. The van der Waals surface area contributed by atoms with Crippen LogP contribution in [0.1, 0.15) is 16.7 Å². The van der Waals surface area contributed by atoms with E-state index in [1.807, 2.05) is 0 Å². The lowest BCUT2D eigenvalue weighted by Crippen LogP contribution is -2.49. The zero-order chi connectivity index (χ0) is 20.4. The predicted molar refractivity (Wildman–Crippen MR) is 100 cm³/mol. The summed E-state index contributed by atoms with van der Waals surface area (Å²) in [6.45, 7) is 3.99. The molecule has 2 rings (SSSR count). The molecule has 9 heteroatoms. The van der Waals surface area contributed by atoms with E-state index in [1.54, 1.807) is 55.8 Å². The Hall–Kier alpha value is -1.58. The molecule has 1 N–H and O–H groups in total. The van der Waals surface area contributed by atoms with Crippen molar-refractivity contribution in [3.63, 3.8) is 0 Å². The highest BCUT2D eigenvalue weighted by molar-refractivity contribution is 9.10. The Kier molecular flexibility index (Phi) is 6.59. The topological polar surface area (TPSA) is 55.4 Å². The standard InChI is InChI=1S/C18H19BrF3NO3S/c1-11-8-12(2)17(13(3)9-11)27(24,25)23-16(18(20,21)22)10-26-15-7-5-4-6-14(15)19/h4-9,16,23H,10H2,1-3H3. The second kappa shape index (κ2) is 8.20. The molecule has 0 saturated heterocycles. The van der Waals surface area contributed by atoms with Crippen molar-refractivity contribution in [2.45, 2.75) is 37.9 Å². The molecule has 0 aromatic heterocycles. The van der Waals surface area contributed by atoms with Crippen LogP contribution in [0.4, 0.5) is 13.2 Å². The summed E-state index contributed by atoms with van der Waals surface area (Å²) in [6, 6.07) is 7.22. The number of ether oxygens (including phenoxy) is 1. The molecule has 0 saturated carbocycles. The molecule has 4 nitrogen and oxygen atoms in total. The summed E-state index contributed by atoms with van der Waals surface area (Å²) in [5.41, 5.74) is 1.59. The van der Waals surface area contributed by atoms with Gasteiger partial charge in [-0.1, -0.05) is 29.8 Å². The summed E-state index contributed by atoms with van der Waals surface area (Å²) in [4.78, 5) is -0.150. The molecule has 0 amide bonds. The maximum atomic E-state index is 13.4. The fourth-order valence-corrected chi connectivity index (χ4v) is 4.83. The van der Waals surface area contributed by atoms with Gasteiger partial charge in [-0.2, -0.15) is 17.9 Å². The Labute approximate surface area is 164 Å². The highest BCUT2D eigenvalue weighted by Crippen LogP contribution is 2.28. The first-order valence-electron chi connectivity index (χ1n) is 7.96. The average molecular weight is 466 g/mol. The number of hydrogen-bond donors (Lipinski definition) is 1. The Morgan fingerprint density at radius 2 is 1.67 bits per heavy atom. The third kappa shape index (κ3) is 5.46. The first kappa shape index (κ1) is 21.7. The minimum absolute atomic E-state index is 0.150. The summed E-state index contributed by atoms with van der Waals surface area (Å²) < 4.78 is 72.9. The third-order valence-corrected chi connectivity index (χ3v) is 6.24. The predicted octanol–water partition coefficient (Wildman–Crippen LogP) is 4.66. The molecule has 148 valence electrons. The van der Waals surface area contributed by atoms with Crippen LogP contribution in [-0.2, 0) is 10.0 Å². The van der Waals surface area contributed by atoms with Crippen molar-refractivity contribution in [3.8, 4) is 5.75 Å². The number of sulfonamides is 1. The van der Waals surface area contributed by atoms with Crippen molar-refractivity contribution in [3.05, 3.63) is 57.6 Å². The van der Waals surface area contributed by atoms with Gasteiger partial charge in [0.1, 0.15) is 12.4 Å². The molecule has 2 aromatic carbocycles. The fraction of sp³-hybridized carbons (Fsp3) is 0.333. The van der Waals surface area contributed by atoms with Crippen LogP contribution >= 0.6 is 15.9 Å². The first-order valence-corrected chi connectivity index (χ1v) is 10.2. The maximum Gasteiger partial charge on any atom is 0.408 e. The van der Waals surface area contributed by atoms with E-state index in [2.05, 4.69) is 15.9 Å². The highest BCUT2D eigenvalue weighted by atomic mass is 79.9. The van der Waals surface area contributed by atoms with Gasteiger partial charge in [-0.15, -0.1) is 0 Å². The lowest BCUT2D eigenvalue weighted by atomic mass is 10.1. The van der Waals surface area contributed by atoms with Gasteiger partial charge < -0.3 is 4.74 Å². The molecule has 0 aliphatic carbocycles. The third-order valence-electron chi connectivity index (χ3n) is 3.81. The minimum atomic E-state index is -4.82. The van der Waals surface area contributed by atoms with Crippen LogP contribution < -0.4 is 9.46 Å². The van der Waals surface area contributed by atoms with Gasteiger partial charge in [0.15, 0.2) is 6.04 Å². The number of benzene rings is 2. The zero-order valence-corrected chi connectivity index (χ0v) is 17.3. The SMILES string of the molecule is Cc1cc(C)c(S(=O)(=O)NC(COc2ccccc2Br)C(F)(F)F)c(C)c1. The first-order chi connectivity index (χ1) is 12.4. The molecule has 0 fully saturated rings. The monoisotopic (exact) mass is 465 g/mol. The van der Waals surface area contributed by atoms with Crippen LogP contribution in [-0.4, -0.2) is 27.2 Å². The van der Waals surface area contributed by atoms with E-state index in [9.17, 15) is 21.6 Å². The van der Waals surface area contributed by atoms with E-state index >= 15 is 0 Å². The van der Waals surface area contributed by atoms with Gasteiger partial charge in [-0.3, -0.25) is 0 Å². The summed E-state index contributed by atoms with van der Waals surface area (Å²) >= 11 is 3.18. The van der Waals surface area contributed by atoms with E-state index in [1.165, 1.54) is 6.07 Å². The van der Waals surface area contributed by atoms with Crippen LogP contribution in [0.15, 0.2) is 45.8 Å². The van der Waals surface area contributed by atoms with Gasteiger partial charge in [-0.05, 0) is 60.0 Å². The molecule has 0 radical (unpaired) electrons. The van der Waals surface area contributed by atoms with Gasteiger partial charge in [0.25, 0.3) is 0 Å². The lowest BCUT2D eigenvalue weighted by molar-refractivity contribution is -0.157.